The van der Waals surface area contributed by atoms with E-state index < -0.39 is 0 Å². The highest BCUT2D eigenvalue weighted by molar-refractivity contribution is 4.94. The minimum absolute atomic E-state index is 0.902. The first-order valence-corrected chi connectivity index (χ1v) is 3.29. The van der Waals surface area contributed by atoms with Crippen LogP contribution in [-0.2, 0) is 4.74 Å². The fraction of sp³-hybridized carbons (Fsp3) is 0.714. The molecule has 0 atom stereocenters. The normalized spacial score (nSPS) is 22.2. The SMILES string of the molecule is CN(C)C=C1CCCO1. The maximum atomic E-state index is 5.28. The second-order valence-corrected chi connectivity index (χ2v) is 2.51. The Labute approximate surface area is 56.1 Å². The van der Waals surface area contributed by atoms with Crippen molar-refractivity contribution in [2.45, 2.75) is 12.8 Å². The Morgan fingerprint density at radius 2 is 2.33 bits per heavy atom. The molecule has 9 heavy (non-hydrogen) atoms. The number of hydrogen-bond donors (Lipinski definition) is 0. The third-order valence-corrected chi connectivity index (χ3v) is 1.26. The van der Waals surface area contributed by atoms with Crippen molar-refractivity contribution in [3.05, 3.63) is 12.0 Å². The van der Waals surface area contributed by atoms with Gasteiger partial charge in [0, 0.05) is 26.7 Å². The van der Waals surface area contributed by atoms with E-state index in [0.717, 1.165) is 18.8 Å². The molecule has 0 aliphatic carbocycles. The Morgan fingerprint density at radius 1 is 1.56 bits per heavy atom. The molecule has 0 radical (unpaired) electrons. The summed E-state index contributed by atoms with van der Waals surface area (Å²) >= 11 is 0. The summed E-state index contributed by atoms with van der Waals surface area (Å²) < 4.78 is 5.28. The van der Waals surface area contributed by atoms with E-state index in [9.17, 15) is 0 Å². The smallest absolute Gasteiger partial charge is 0.112 e. The molecule has 0 saturated carbocycles. The zero-order valence-electron chi connectivity index (χ0n) is 6.05. The molecule has 1 fully saturated rings. The Kier molecular flexibility index (Phi) is 1.98. The maximum Gasteiger partial charge on any atom is 0.112 e. The quantitative estimate of drug-likeness (QED) is 0.524. The van der Waals surface area contributed by atoms with Gasteiger partial charge in [0.25, 0.3) is 0 Å². The molecule has 52 valence electrons. The van der Waals surface area contributed by atoms with E-state index >= 15 is 0 Å². The number of rotatable bonds is 1. The largest absolute Gasteiger partial charge is 0.496 e. The highest BCUT2D eigenvalue weighted by Gasteiger charge is 2.06. The van der Waals surface area contributed by atoms with Crippen LogP contribution < -0.4 is 0 Å². The highest BCUT2D eigenvalue weighted by atomic mass is 16.5. The van der Waals surface area contributed by atoms with Gasteiger partial charge in [-0.3, -0.25) is 0 Å². The van der Waals surface area contributed by atoms with Crippen LogP contribution in [0.1, 0.15) is 12.8 Å². The lowest BCUT2D eigenvalue weighted by Gasteiger charge is -2.05. The van der Waals surface area contributed by atoms with Crippen LogP contribution in [0.4, 0.5) is 0 Å². The van der Waals surface area contributed by atoms with Crippen molar-refractivity contribution < 1.29 is 4.74 Å². The van der Waals surface area contributed by atoms with Crippen LogP contribution in [0.15, 0.2) is 12.0 Å². The zero-order valence-corrected chi connectivity index (χ0v) is 6.05. The molecule has 1 heterocycles. The lowest BCUT2D eigenvalue weighted by Crippen LogP contribution is -2.02. The van der Waals surface area contributed by atoms with Gasteiger partial charge in [0.05, 0.1) is 6.61 Å². The summed E-state index contributed by atoms with van der Waals surface area (Å²) in [7, 11) is 4.02. The van der Waals surface area contributed by atoms with Gasteiger partial charge in [-0.1, -0.05) is 0 Å². The summed E-state index contributed by atoms with van der Waals surface area (Å²) in [5.41, 5.74) is 0. The first kappa shape index (κ1) is 6.46. The van der Waals surface area contributed by atoms with Gasteiger partial charge in [-0.15, -0.1) is 0 Å². The molecule has 1 aliphatic heterocycles. The monoisotopic (exact) mass is 127 g/mol. The molecular weight excluding hydrogens is 114 g/mol. The van der Waals surface area contributed by atoms with Crippen LogP contribution >= 0.6 is 0 Å². The molecule has 1 rings (SSSR count). The van der Waals surface area contributed by atoms with Crippen molar-refractivity contribution in [2.75, 3.05) is 20.7 Å². The summed E-state index contributed by atoms with van der Waals surface area (Å²) in [6.07, 6.45) is 4.32. The summed E-state index contributed by atoms with van der Waals surface area (Å²) in [5.74, 6) is 1.13. The molecule has 0 N–H and O–H groups in total. The molecule has 0 aromatic rings. The van der Waals surface area contributed by atoms with Crippen molar-refractivity contribution >= 4 is 0 Å². The van der Waals surface area contributed by atoms with E-state index in [1.165, 1.54) is 6.42 Å². The van der Waals surface area contributed by atoms with Crippen LogP contribution in [0.3, 0.4) is 0 Å². The van der Waals surface area contributed by atoms with E-state index in [1.807, 2.05) is 25.2 Å². The van der Waals surface area contributed by atoms with Gasteiger partial charge in [-0.05, 0) is 6.42 Å². The number of ether oxygens (including phenoxy) is 1. The Balaban J connectivity index is 2.39. The van der Waals surface area contributed by atoms with Crippen molar-refractivity contribution in [3.63, 3.8) is 0 Å². The molecule has 0 aromatic heterocycles. The molecule has 1 aliphatic rings. The average molecular weight is 127 g/mol. The molecule has 2 heteroatoms. The van der Waals surface area contributed by atoms with Crippen LogP contribution in [-0.4, -0.2) is 25.6 Å². The fourth-order valence-corrected chi connectivity index (χ4v) is 0.912. The molecule has 1 saturated heterocycles. The van der Waals surface area contributed by atoms with E-state index in [1.54, 1.807) is 0 Å². The van der Waals surface area contributed by atoms with Crippen LogP contribution in [0.2, 0.25) is 0 Å². The Morgan fingerprint density at radius 3 is 2.78 bits per heavy atom. The number of hydrogen-bond acceptors (Lipinski definition) is 2. The maximum absolute atomic E-state index is 5.28. The molecule has 0 unspecified atom stereocenters. The Bertz CT molecular complexity index is 110. The average Bonchev–Trinajstić information content (AvgIpc) is 2.15. The summed E-state index contributed by atoms with van der Waals surface area (Å²) in [6, 6.07) is 0. The zero-order chi connectivity index (χ0) is 6.69. The van der Waals surface area contributed by atoms with Crippen molar-refractivity contribution in [2.24, 2.45) is 0 Å². The van der Waals surface area contributed by atoms with Gasteiger partial charge in [-0.2, -0.15) is 0 Å². The minimum Gasteiger partial charge on any atom is -0.496 e. The highest BCUT2D eigenvalue weighted by Crippen LogP contribution is 2.15. The van der Waals surface area contributed by atoms with E-state index in [4.69, 9.17) is 4.74 Å². The van der Waals surface area contributed by atoms with Gasteiger partial charge < -0.3 is 9.64 Å². The first-order valence-electron chi connectivity index (χ1n) is 3.29. The third-order valence-electron chi connectivity index (χ3n) is 1.26. The lowest BCUT2D eigenvalue weighted by molar-refractivity contribution is 0.256. The van der Waals surface area contributed by atoms with E-state index in [0.29, 0.717) is 0 Å². The molecular formula is C7H13NO. The summed E-state index contributed by atoms with van der Waals surface area (Å²) in [5, 5.41) is 0. The summed E-state index contributed by atoms with van der Waals surface area (Å²) in [6.45, 7) is 0.902. The number of allylic oxidation sites excluding steroid dienone is 1. The number of nitrogens with zero attached hydrogens (tertiary/aromatic N) is 1. The van der Waals surface area contributed by atoms with Gasteiger partial charge >= 0.3 is 0 Å². The van der Waals surface area contributed by atoms with E-state index in [-0.39, 0.29) is 0 Å². The van der Waals surface area contributed by atoms with Gasteiger partial charge in [0.2, 0.25) is 0 Å². The molecule has 0 bridgehead atoms. The van der Waals surface area contributed by atoms with Crippen molar-refractivity contribution in [1.82, 2.24) is 4.90 Å². The first-order chi connectivity index (χ1) is 4.29. The van der Waals surface area contributed by atoms with Crippen LogP contribution in [0.5, 0.6) is 0 Å². The van der Waals surface area contributed by atoms with Crippen LogP contribution in [0.25, 0.3) is 0 Å². The van der Waals surface area contributed by atoms with Gasteiger partial charge in [0.1, 0.15) is 5.76 Å². The fourth-order valence-electron chi connectivity index (χ4n) is 0.912. The predicted octanol–water partition coefficient (Wildman–Crippen LogP) is 1.20. The third kappa shape index (κ3) is 1.96. The second-order valence-electron chi connectivity index (χ2n) is 2.51. The molecule has 2 nitrogen and oxygen atoms in total. The summed E-state index contributed by atoms with van der Waals surface area (Å²) in [4.78, 5) is 2.01. The molecule has 0 aromatic carbocycles. The van der Waals surface area contributed by atoms with E-state index in [2.05, 4.69) is 0 Å². The standard InChI is InChI=1S/C7H13NO/c1-8(2)6-7-4-3-5-9-7/h6H,3-5H2,1-2H3. The van der Waals surface area contributed by atoms with Crippen molar-refractivity contribution in [1.29, 1.82) is 0 Å². The van der Waals surface area contributed by atoms with Gasteiger partial charge in [0.15, 0.2) is 0 Å². The minimum atomic E-state index is 0.902. The topological polar surface area (TPSA) is 12.5 Å². The van der Waals surface area contributed by atoms with Crippen LogP contribution in [0, 0.1) is 0 Å². The second kappa shape index (κ2) is 2.76. The predicted molar refractivity (Wildman–Crippen MR) is 37.0 cm³/mol. The lowest BCUT2D eigenvalue weighted by atomic mass is 10.3. The molecule has 0 amide bonds. The van der Waals surface area contributed by atoms with Gasteiger partial charge in [-0.25, -0.2) is 0 Å². The van der Waals surface area contributed by atoms with Crippen molar-refractivity contribution in [3.8, 4) is 0 Å². The molecule has 0 spiro atoms. The Hall–Kier alpha value is -0.660.